The average molecular weight is 420 g/mol. The lowest BCUT2D eigenvalue weighted by atomic mass is 10.0. The van der Waals surface area contributed by atoms with E-state index < -0.39 is 0 Å². The molecule has 0 saturated carbocycles. The number of nitrogens with zero attached hydrogens (tertiary/aromatic N) is 2. The molecular weight excluding hydrogens is 400 g/mol. The van der Waals surface area contributed by atoms with Crippen molar-refractivity contribution in [1.29, 1.82) is 0 Å². The first-order valence-corrected chi connectivity index (χ1v) is 10.2. The lowest BCUT2D eigenvalue weighted by Gasteiger charge is -2.10. The summed E-state index contributed by atoms with van der Waals surface area (Å²) >= 11 is 1.50. The maximum absolute atomic E-state index is 13.0. The molecule has 0 aliphatic rings. The minimum atomic E-state index is -0.358. The minimum absolute atomic E-state index is 0.00660. The standard InChI is InChI=1S/C22H20N4O3S/c1-12(2)17-18(22-23-14-9-5-7-11-16(14)30-22)19(24-20(17)26-28)25-21(27)13-8-4-6-10-15(13)29-3/h4-12,24H,1-3H3,(H,25,27). The molecule has 0 aliphatic heterocycles. The third-order valence-electron chi connectivity index (χ3n) is 4.78. The Morgan fingerprint density at radius 3 is 2.60 bits per heavy atom. The molecule has 0 fully saturated rings. The van der Waals surface area contributed by atoms with Crippen molar-refractivity contribution >= 4 is 39.1 Å². The molecule has 152 valence electrons. The van der Waals surface area contributed by atoms with Gasteiger partial charge in [0.2, 0.25) is 0 Å². The summed E-state index contributed by atoms with van der Waals surface area (Å²) in [6, 6.07) is 14.8. The van der Waals surface area contributed by atoms with Gasteiger partial charge in [-0.2, -0.15) is 0 Å². The predicted molar refractivity (Wildman–Crippen MR) is 120 cm³/mol. The van der Waals surface area contributed by atoms with Crippen molar-refractivity contribution in [2.45, 2.75) is 19.8 Å². The van der Waals surface area contributed by atoms with Gasteiger partial charge in [0, 0.05) is 5.56 Å². The van der Waals surface area contributed by atoms with Crippen molar-refractivity contribution in [1.82, 2.24) is 9.97 Å². The van der Waals surface area contributed by atoms with Crippen LogP contribution in [0, 0.1) is 4.91 Å². The van der Waals surface area contributed by atoms with Crippen molar-refractivity contribution in [2.24, 2.45) is 5.18 Å². The minimum Gasteiger partial charge on any atom is -0.496 e. The number of benzene rings is 2. The van der Waals surface area contributed by atoms with Gasteiger partial charge in [-0.1, -0.05) is 38.1 Å². The number of nitrogens with one attached hydrogen (secondary N) is 2. The molecule has 4 rings (SSSR count). The number of hydrogen-bond donors (Lipinski definition) is 2. The van der Waals surface area contributed by atoms with Gasteiger partial charge < -0.3 is 15.0 Å². The smallest absolute Gasteiger partial charge is 0.260 e. The van der Waals surface area contributed by atoms with Gasteiger partial charge in [-0.3, -0.25) is 4.79 Å². The lowest BCUT2D eigenvalue weighted by Crippen LogP contribution is -2.14. The SMILES string of the molecule is COc1ccccc1C(=O)Nc1[nH]c(N=O)c(C(C)C)c1-c1nc2ccccc2s1. The summed E-state index contributed by atoms with van der Waals surface area (Å²) in [5.41, 5.74) is 2.65. The molecule has 0 spiro atoms. The first-order valence-electron chi connectivity index (χ1n) is 9.43. The number of methoxy groups -OCH3 is 1. The highest BCUT2D eigenvalue weighted by molar-refractivity contribution is 7.21. The van der Waals surface area contributed by atoms with E-state index in [1.54, 1.807) is 24.3 Å². The van der Waals surface area contributed by atoms with Crippen LogP contribution in [0.3, 0.4) is 0 Å². The molecule has 4 aromatic rings. The summed E-state index contributed by atoms with van der Waals surface area (Å²) in [5, 5.41) is 6.76. The first kappa shape index (κ1) is 19.8. The van der Waals surface area contributed by atoms with Crippen LogP contribution in [0.1, 0.15) is 35.7 Å². The molecule has 0 saturated heterocycles. The van der Waals surface area contributed by atoms with Crippen molar-refractivity contribution in [3.63, 3.8) is 0 Å². The average Bonchev–Trinajstić information content (AvgIpc) is 3.34. The summed E-state index contributed by atoms with van der Waals surface area (Å²) in [6.07, 6.45) is 0. The molecule has 0 unspecified atom stereocenters. The number of amides is 1. The summed E-state index contributed by atoms with van der Waals surface area (Å²) in [4.78, 5) is 32.2. The second kappa shape index (κ2) is 8.08. The van der Waals surface area contributed by atoms with Gasteiger partial charge in [0.05, 0.1) is 28.5 Å². The van der Waals surface area contributed by atoms with E-state index in [4.69, 9.17) is 9.72 Å². The number of carbonyl (C=O) groups excluding carboxylic acids is 1. The van der Waals surface area contributed by atoms with Crippen LogP contribution in [0.5, 0.6) is 5.75 Å². The normalized spacial score (nSPS) is 11.1. The quantitative estimate of drug-likeness (QED) is 0.370. The van der Waals surface area contributed by atoms with Crippen LogP contribution in [-0.2, 0) is 0 Å². The topological polar surface area (TPSA) is 96.4 Å². The van der Waals surface area contributed by atoms with Crippen LogP contribution in [0.2, 0.25) is 0 Å². The van der Waals surface area contributed by atoms with E-state index in [0.29, 0.717) is 27.7 Å². The number of nitroso groups, excluding NO2 is 1. The second-order valence-corrected chi connectivity index (χ2v) is 8.06. The molecule has 0 radical (unpaired) electrons. The van der Waals surface area contributed by atoms with E-state index in [2.05, 4.69) is 15.5 Å². The second-order valence-electron chi connectivity index (χ2n) is 7.02. The summed E-state index contributed by atoms with van der Waals surface area (Å²) < 4.78 is 6.32. The van der Waals surface area contributed by atoms with Gasteiger partial charge >= 0.3 is 0 Å². The Kier molecular flexibility index (Phi) is 5.33. The Morgan fingerprint density at radius 2 is 1.90 bits per heavy atom. The van der Waals surface area contributed by atoms with E-state index in [9.17, 15) is 9.70 Å². The van der Waals surface area contributed by atoms with E-state index in [0.717, 1.165) is 15.8 Å². The first-order chi connectivity index (χ1) is 14.5. The van der Waals surface area contributed by atoms with Gasteiger partial charge in [-0.25, -0.2) is 4.98 Å². The van der Waals surface area contributed by atoms with Crippen LogP contribution in [0.25, 0.3) is 20.8 Å². The fourth-order valence-electron chi connectivity index (χ4n) is 3.44. The fraction of sp³-hybridized carbons (Fsp3) is 0.182. The number of aromatic nitrogens is 2. The summed E-state index contributed by atoms with van der Waals surface area (Å²) in [6.45, 7) is 3.95. The number of carbonyl (C=O) groups is 1. The number of rotatable bonds is 6. The van der Waals surface area contributed by atoms with E-state index in [1.165, 1.54) is 18.4 Å². The zero-order chi connectivity index (χ0) is 21.3. The molecule has 1 amide bonds. The zero-order valence-electron chi connectivity index (χ0n) is 16.7. The van der Waals surface area contributed by atoms with Gasteiger partial charge in [0.15, 0.2) is 5.82 Å². The number of thiazole rings is 1. The van der Waals surface area contributed by atoms with Crippen molar-refractivity contribution in [3.8, 4) is 16.3 Å². The van der Waals surface area contributed by atoms with Crippen LogP contribution >= 0.6 is 11.3 Å². The zero-order valence-corrected chi connectivity index (χ0v) is 17.5. The molecular formula is C22H20N4O3S. The Hall–Kier alpha value is -3.52. The molecule has 2 aromatic carbocycles. The number of anilines is 1. The third-order valence-corrected chi connectivity index (χ3v) is 5.84. The number of H-pyrrole nitrogens is 1. The summed E-state index contributed by atoms with van der Waals surface area (Å²) in [7, 11) is 1.51. The van der Waals surface area contributed by atoms with Crippen LogP contribution in [0.4, 0.5) is 11.6 Å². The van der Waals surface area contributed by atoms with Crippen molar-refractivity contribution in [3.05, 3.63) is 64.6 Å². The number of para-hydroxylation sites is 2. The molecule has 2 N–H and O–H groups in total. The van der Waals surface area contributed by atoms with E-state index >= 15 is 0 Å². The number of fused-ring (bicyclic) bond motifs is 1. The highest BCUT2D eigenvalue weighted by Gasteiger charge is 2.26. The van der Waals surface area contributed by atoms with Crippen LogP contribution < -0.4 is 10.1 Å². The maximum Gasteiger partial charge on any atom is 0.260 e. The molecule has 0 atom stereocenters. The molecule has 2 heterocycles. The summed E-state index contributed by atoms with van der Waals surface area (Å²) in [5.74, 6) is 0.676. The lowest BCUT2D eigenvalue weighted by molar-refractivity contribution is 0.102. The van der Waals surface area contributed by atoms with Crippen LogP contribution in [0.15, 0.2) is 53.7 Å². The highest BCUT2D eigenvalue weighted by Crippen LogP contribution is 2.44. The number of ether oxygens (including phenoxy) is 1. The van der Waals surface area contributed by atoms with Crippen LogP contribution in [-0.4, -0.2) is 23.0 Å². The van der Waals surface area contributed by atoms with Crippen molar-refractivity contribution < 1.29 is 9.53 Å². The van der Waals surface area contributed by atoms with Gasteiger partial charge in [-0.05, 0) is 35.4 Å². The Morgan fingerprint density at radius 1 is 1.17 bits per heavy atom. The van der Waals surface area contributed by atoms with Crippen molar-refractivity contribution in [2.75, 3.05) is 12.4 Å². The number of aromatic amines is 1. The molecule has 7 nitrogen and oxygen atoms in total. The van der Waals surface area contributed by atoms with E-state index in [-0.39, 0.29) is 17.6 Å². The molecule has 30 heavy (non-hydrogen) atoms. The number of hydrogen-bond acceptors (Lipinski definition) is 6. The fourth-order valence-corrected chi connectivity index (χ4v) is 4.47. The monoisotopic (exact) mass is 420 g/mol. The Bertz CT molecular complexity index is 1210. The van der Waals surface area contributed by atoms with E-state index in [1.807, 2.05) is 38.1 Å². The van der Waals surface area contributed by atoms with Gasteiger partial charge in [-0.15, -0.1) is 16.2 Å². The highest BCUT2D eigenvalue weighted by atomic mass is 32.1. The molecule has 8 heteroatoms. The predicted octanol–water partition coefficient (Wildman–Crippen LogP) is 6.07. The Balaban J connectivity index is 1.85. The molecule has 0 bridgehead atoms. The maximum atomic E-state index is 13.0. The largest absolute Gasteiger partial charge is 0.496 e. The van der Waals surface area contributed by atoms with Gasteiger partial charge in [0.25, 0.3) is 5.91 Å². The molecule has 2 aromatic heterocycles. The van der Waals surface area contributed by atoms with Gasteiger partial charge in [0.1, 0.15) is 16.6 Å². The Labute approximate surface area is 177 Å². The molecule has 0 aliphatic carbocycles. The third kappa shape index (κ3) is 3.46.